The Bertz CT molecular complexity index is 370. The minimum atomic E-state index is -0.265. The van der Waals surface area contributed by atoms with Crippen molar-refractivity contribution in [1.29, 1.82) is 0 Å². The molecule has 0 bridgehead atoms. The number of nitrogens with two attached hydrogens (primary N) is 1. The Morgan fingerprint density at radius 1 is 1.56 bits per heavy atom. The lowest BCUT2D eigenvalue weighted by Crippen LogP contribution is -2.38. The number of piperidine rings is 1. The maximum Gasteiger partial charge on any atom is 0.239 e. The van der Waals surface area contributed by atoms with Gasteiger partial charge in [0.1, 0.15) is 5.82 Å². The number of rotatable bonds is 2. The normalized spacial score (nSPS) is 20.9. The lowest BCUT2D eigenvalue weighted by Gasteiger charge is -2.31. The van der Waals surface area contributed by atoms with E-state index in [0.717, 1.165) is 30.9 Å². The molecule has 2 heterocycles. The Kier molecular flexibility index (Phi) is 3.21. The summed E-state index contributed by atoms with van der Waals surface area (Å²) >= 11 is 0. The van der Waals surface area contributed by atoms with E-state index < -0.39 is 0 Å². The summed E-state index contributed by atoms with van der Waals surface area (Å²) in [6.45, 7) is 3.43. The molecule has 0 aliphatic carbocycles. The summed E-state index contributed by atoms with van der Waals surface area (Å²) in [7, 11) is 0. The van der Waals surface area contributed by atoms with Crippen LogP contribution in [0.2, 0.25) is 0 Å². The molecule has 1 aromatic heterocycles. The van der Waals surface area contributed by atoms with Crippen LogP contribution in [0, 0.1) is 6.92 Å². The van der Waals surface area contributed by atoms with Crippen molar-refractivity contribution in [2.24, 2.45) is 5.84 Å². The van der Waals surface area contributed by atoms with Gasteiger partial charge < -0.3 is 10.0 Å². The van der Waals surface area contributed by atoms with Crippen LogP contribution >= 0.6 is 0 Å². The van der Waals surface area contributed by atoms with E-state index in [4.69, 9.17) is 5.84 Å². The van der Waals surface area contributed by atoms with E-state index in [1.807, 2.05) is 13.0 Å². The minimum absolute atomic E-state index is 0.265. The Hall–Kier alpha value is -1.40. The first-order chi connectivity index (χ1) is 7.69. The highest BCUT2D eigenvalue weighted by molar-refractivity contribution is 5.44. The molecule has 0 amide bonds. The molecule has 1 aliphatic heterocycles. The second-order valence-electron chi connectivity index (χ2n) is 4.08. The summed E-state index contributed by atoms with van der Waals surface area (Å²) in [4.78, 5) is 10.5. The molecule has 0 aromatic carbocycles. The number of nitrogen functional groups attached to an aromatic ring is 1. The average Bonchev–Trinajstić information content (AvgIpc) is 2.28. The largest absolute Gasteiger partial charge is 0.391 e. The molecule has 1 aliphatic rings. The number of nitrogens with zero attached hydrogens (tertiary/aromatic N) is 3. The highest BCUT2D eigenvalue weighted by Gasteiger charge is 2.19. The number of aryl methyl sites for hydroxylation is 1. The van der Waals surface area contributed by atoms with Crippen LogP contribution in [0.25, 0.3) is 0 Å². The fourth-order valence-corrected chi connectivity index (χ4v) is 1.94. The first-order valence-electron chi connectivity index (χ1n) is 5.44. The van der Waals surface area contributed by atoms with Gasteiger partial charge in [-0.2, -0.15) is 4.98 Å². The lowest BCUT2D eigenvalue weighted by atomic mass is 10.1. The number of β-amino-alcohol motifs (C(OH)–C–C–N with tert-alkyl or cyclic N) is 1. The van der Waals surface area contributed by atoms with Crippen LogP contribution in [0.4, 0.5) is 11.8 Å². The third-order valence-corrected chi connectivity index (χ3v) is 2.69. The molecule has 1 atom stereocenters. The zero-order valence-electron chi connectivity index (χ0n) is 9.35. The van der Waals surface area contributed by atoms with E-state index in [1.165, 1.54) is 0 Å². The fourth-order valence-electron chi connectivity index (χ4n) is 1.94. The molecule has 6 heteroatoms. The van der Waals surface area contributed by atoms with Crippen molar-refractivity contribution in [3.05, 3.63) is 11.8 Å². The Morgan fingerprint density at radius 2 is 2.38 bits per heavy atom. The van der Waals surface area contributed by atoms with Gasteiger partial charge in [0.05, 0.1) is 6.10 Å². The molecule has 1 fully saturated rings. The summed E-state index contributed by atoms with van der Waals surface area (Å²) in [5.41, 5.74) is 3.31. The van der Waals surface area contributed by atoms with Crippen molar-refractivity contribution >= 4 is 11.8 Å². The molecular formula is C10H17N5O. The number of hydrogen-bond donors (Lipinski definition) is 3. The number of aliphatic hydroxyl groups excluding tert-OH is 1. The molecule has 2 rings (SSSR count). The van der Waals surface area contributed by atoms with Gasteiger partial charge in [0.15, 0.2) is 0 Å². The second-order valence-corrected chi connectivity index (χ2v) is 4.08. The van der Waals surface area contributed by atoms with Crippen molar-refractivity contribution in [3.63, 3.8) is 0 Å². The van der Waals surface area contributed by atoms with E-state index in [2.05, 4.69) is 20.3 Å². The van der Waals surface area contributed by atoms with Gasteiger partial charge in [-0.15, -0.1) is 0 Å². The van der Waals surface area contributed by atoms with Gasteiger partial charge in [0.25, 0.3) is 0 Å². The predicted molar refractivity (Wildman–Crippen MR) is 62.0 cm³/mol. The molecular weight excluding hydrogens is 206 g/mol. The van der Waals surface area contributed by atoms with Crippen molar-refractivity contribution in [2.75, 3.05) is 23.4 Å². The third kappa shape index (κ3) is 2.40. The molecule has 0 radical (unpaired) electrons. The van der Waals surface area contributed by atoms with Gasteiger partial charge in [0.2, 0.25) is 5.95 Å². The summed E-state index contributed by atoms with van der Waals surface area (Å²) in [6, 6.07) is 1.90. The number of aromatic nitrogens is 2. The molecule has 16 heavy (non-hydrogen) atoms. The van der Waals surface area contributed by atoms with Gasteiger partial charge in [-0.05, 0) is 19.8 Å². The van der Waals surface area contributed by atoms with Crippen LogP contribution in [-0.4, -0.2) is 34.3 Å². The molecule has 4 N–H and O–H groups in total. The van der Waals surface area contributed by atoms with E-state index in [0.29, 0.717) is 12.5 Å². The SMILES string of the molecule is Cc1cc(N2CCCC(O)C2)nc(NN)n1. The first kappa shape index (κ1) is 11.1. The minimum Gasteiger partial charge on any atom is -0.391 e. The van der Waals surface area contributed by atoms with Gasteiger partial charge in [0, 0.05) is 24.8 Å². The van der Waals surface area contributed by atoms with Crippen molar-refractivity contribution in [3.8, 4) is 0 Å². The van der Waals surface area contributed by atoms with Crippen LogP contribution in [-0.2, 0) is 0 Å². The highest BCUT2D eigenvalue weighted by Crippen LogP contribution is 2.19. The molecule has 6 nitrogen and oxygen atoms in total. The van der Waals surface area contributed by atoms with E-state index in [1.54, 1.807) is 0 Å². The topological polar surface area (TPSA) is 87.3 Å². The van der Waals surface area contributed by atoms with Gasteiger partial charge >= 0.3 is 0 Å². The van der Waals surface area contributed by atoms with Crippen molar-refractivity contribution in [2.45, 2.75) is 25.9 Å². The van der Waals surface area contributed by atoms with Gasteiger partial charge in [-0.25, -0.2) is 10.8 Å². The molecule has 0 spiro atoms. The zero-order valence-corrected chi connectivity index (χ0v) is 9.35. The second kappa shape index (κ2) is 4.63. The number of hydrogen-bond acceptors (Lipinski definition) is 6. The van der Waals surface area contributed by atoms with Crippen LogP contribution in [0.15, 0.2) is 6.07 Å². The molecule has 0 saturated carbocycles. The van der Waals surface area contributed by atoms with Crippen molar-refractivity contribution in [1.82, 2.24) is 9.97 Å². The van der Waals surface area contributed by atoms with Crippen LogP contribution in [0.5, 0.6) is 0 Å². The van der Waals surface area contributed by atoms with Crippen LogP contribution < -0.4 is 16.2 Å². The van der Waals surface area contributed by atoms with Crippen LogP contribution in [0.1, 0.15) is 18.5 Å². The maximum atomic E-state index is 9.61. The Labute approximate surface area is 94.5 Å². The summed E-state index contributed by atoms with van der Waals surface area (Å²) in [6.07, 6.45) is 1.58. The summed E-state index contributed by atoms with van der Waals surface area (Å²) < 4.78 is 0. The molecule has 1 unspecified atom stereocenters. The number of aliphatic hydroxyl groups is 1. The first-order valence-corrected chi connectivity index (χ1v) is 5.44. The molecule has 1 aromatic rings. The fraction of sp³-hybridized carbons (Fsp3) is 0.600. The Balaban J connectivity index is 2.21. The van der Waals surface area contributed by atoms with E-state index >= 15 is 0 Å². The predicted octanol–water partition coefficient (Wildman–Crippen LogP) is 0.0317. The van der Waals surface area contributed by atoms with Crippen LogP contribution in [0.3, 0.4) is 0 Å². The summed E-state index contributed by atoms with van der Waals surface area (Å²) in [5, 5.41) is 9.61. The number of nitrogens with one attached hydrogen (secondary N) is 1. The number of anilines is 2. The standard InChI is InChI=1S/C10H17N5O/c1-7-5-9(13-10(12-7)14-11)15-4-2-3-8(16)6-15/h5,8,16H,2-4,6,11H2,1H3,(H,12,13,14). The third-order valence-electron chi connectivity index (χ3n) is 2.69. The summed E-state index contributed by atoms with van der Waals surface area (Å²) in [5.74, 6) is 6.53. The van der Waals surface area contributed by atoms with E-state index in [-0.39, 0.29) is 6.10 Å². The zero-order chi connectivity index (χ0) is 11.5. The smallest absolute Gasteiger partial charge is 0.239 e. The molecule has 88 valence electrons. The number of hydrazine groups is 1. The van der Waals surface area contributed by atoms with Crippen molar-refractivity contribution < 1.29 is 5.11 Å². The van der Waals surface area contributed by atoms with Gasteiger partial charge in [-0.1, -0.05) is 0 Å². The monoisotopic (exact) mass is 223 g/mol. The highest BCUT2D eigenvalue weighted by atomic mass is 16.3. The maximum absolute atomic E-state index is 9.61. The Morgan fingerprint density at radius 3 is 3.06 bits per heavy atom. The lowest BCUT2D eigenvalue weighted by molar-refractivity contribution is 0.154. The van der Waals surface area contributed by atoms with Gasteiger partial charge in [-0.3, -0.25) is 5.43 Å². The average molecular weight is 223 g/mol. The van der Waals surface area contributed by atoms with E-state index in [9.17, 15) is 5.11 Å². The quantitative estimate of drug-likeness (QED) is 0.484. The molecule has 1 saturated heterocycles.